The first-order chi connectivity index (χ1) is 9.51. The Bertz CT molecular complexity index is 687. The molecule has 0 fully saturated rings. The molecule has 3 N–H and O–H groups in total. The second kappa shape index (κ2) is 5.71. The van der Waals surface area contributed by atoms with Gasteiger partial charge in [-0.15, -0.1) is 0 Å². The van der Waals surface area contributed by atoms with Crippen LogP contribution in [0.2, 0.25) is 0 Å². The molecular formula is C15H16N2O3. The maximum Gasteiger partial charge on any atom is 0.261 e. The van der Waals surface area contributed by atoms with Crippen LogP contribution in [-0.2, 0) is 6.61 Å². The van der Waals surface area contributed by atoms with Gasteiger partial charge in [0.25, 0.3) is 11.5 Å². The molecule has 0 aliphatic rings. The Balaban J connectivity index is 2.26. The molecule has 1 amide bonds. The summed E-state index contributed by atoms with van der Waals surface area (Å²) in [5.74, 6) is -0.444. The lowest BCUT2D eigenvalue weighted by Gasteiger charge is -2.08. The number of benzene rings is 1. The fraction of sp³-hybridized carbons (Fsp3) is 0.200. The molecule has 1 aromatic carbocycles. The zero-order valence-electron chi connectivity index (χ0n) is 11.4. The summed E-state index contributed by atoms with van der Waals surface area (Å²) in [6, 6.07) is 8.54. The molecule has 104 valence electrons. The van der Waals surface area contributed by atoms with E-state index in [0.717, 1.165) is 11.3 Å². The van der Waals surface area contributed by atoms with Crippen molar-refractivity contribution in [3.8, 4) is 0 Å². The van der Waals surface area contributed by atoms with E-state index in [0.29, 0.717) is 11.3 Å². The number of pyridine rings is 1. The molecule has 2 rings (SSSR count). The monoisotopic (exact) mass is 272 g/mol. The zero-order chi connectivity index (χ0) is 14.7. The van der Waals surface area contributed by atoms with Crippen LogP contribution in [0.15, 0.2) is 35.1 Å². The number of carbonyl (C=O) groups excluding carboxylic acids is 1. The maximum atomic E-state index is 12.1. The molecule has 5 heteroatoms. The lowest BCUT2D eigenvalue weighted by Crippen LogP contribution is -2.25. The molecule has 1 aromatic heterocycles. The van der Waals surface area contributed by atoms with Crippen LogP contribution in [-0.4, -0.2) is 16.0 Å². The Morgan fingerprint density at radius 2 is 1.90 bits per heavy atom. The summed E-state index contributed by atoms with van der Waals surface area (Å²) >= 11 is 0. The van der Waals surface area contributed by atoms with Crippen LogP contribution in [0.3, 0.4) is 0 Å². The van der Waals surface area contributed by atoms with Crippen LogP contribution in [0.5, 0.6) is 0 Å². The summed E-state index contributed by atoms with van der Waals surface area (Å²) in [6.07, 6.45) is 0. The molecule has 20 heavy (non-hydrogen) atoms. The van der Waals surface area contributed by atoms with Gasteiger partial charge in [0, 0.05) is 11.4 Å². The van der Waals surface area contributed by atoms with Crippen LogP contribution in [0, 0.1) is 13.8 Å². The number of amides is 1. The van der Waals surface area contributed by atoms with E-state index in [1.807, 2.05) is 0 Å². The number of aliphatic hydroxyl groups is 1. The molecule has 0 unspecified atom stereocenters. The summed E-state index contributed by atoms with van der Waals surface area (Å²) in [7, 11) is 0. The molecule has 0 aliphatic heterocycles. The Hall–Kier alpha value is -2.40. The number of nitrogens with one attached hydrogen (secondary N) is 2. The smallest absolute Gasteiger partial charge is 0.261 e. The number of hydrogen-bond donors (Lipinski definition) is 3. The van der Waals surface area contributed by atoms with Gasteiger partial charge in [0.15, 0.2) is 0 Å². The average molecular weight is 272 g/mol. The molecule has 5 nitrogen and oxygen atoms in total. The van der Waals surface area contributed by atoms with E-state index in [1.165, 1.54) is 0 Å². The molecule has 2 aromatic rings. The average Bonchev–Trinajstić information content (AvgIpc) is 2.38. The number of aryl methyl sites for hydroxylation is 2. The molecule has 0 radical (unpaired) electrons. The van der Waals surface area contributed by atoms with E-state index in [2.05, 4.69) is 10.3 Å². The van der Waals surface area contributed by atoms with E-state index >= 15 is 0 Å². The number of aliphatic hydroxyl groups excluding tert-OH is 1. The van der Waals surface area contributed by atoms with Crippen LogP contribution in [0.1, 0.15) is 27.2 Å². The van der Waals surface area contributed by atoms with Crippen molar-refractivity contribution in [2.24, 2.45) is 0 Å². The molecule has 0 aliphatic carbocycles. The van der Waals surface area contributed by atoms with Crippen molar-refractivity contribution >= 4 is 11.6 Å². The first-order valence-electron chi connectivity index (χ1n) is 6.23. The van der Waals surface area contributed by atoms with Gasteiger partial charge in [-0.1, -0.05) is 12.1 Å². The summed E-state index contributed by atoms with van der Waals surface area (Å²) < 4.78 is 0. The van der Waals surface area contributed by atoms with Crippen molar-refractivity contribution < 1.29 is 9.90 Å². The Morgan fingerprint density at radius 3 is 2.45 bits per heavy atom. The topological polar surface area (TPSA) is 82.2 Å². The van der Waals surface area contributed by atoms with E-state index in [-0.39, 0.29) is 12.2 Å². The van der Waals surface area contributed by atoms with Gasteiger partial charge in [-0.2, -0.15) is 0 Å². The van der Waals surface area contributed by atoms with E-state index in [4.69, 9.17) is 5.11 Å². The third kappa shape index (κ3) is 2.95. The van der Waals surface area contributed by atoms with Crippen molar-refractivity contribution in [3.63, 3.8) is 0 Å². The quantitative estimate of drug-likeness (QED) is 0.796. The van der Waals surface area contributed by atoms with E-state index in [1.54, 1.807) is 44.2 Å². The van der Waals surface area contributed by atoms with Gasteiger partial charge in [-0.05, 0) is 43.2 Å². The Labute approximate surface area is 116 Å². The minimum absolute atomic E-state index is 0.0506. The van der Waals surface area contributed by atoms with Crippen molar-refractivity contribution in [1.82, 2.24) is 4.98 Å². The Kier molecular flexibility index (Phi) is 4.00. The lowest BCUT2D eigenvalue weighted by molar-refractivity contribution is 0.102. The maximum absolute atomic E-state index is 12.1. The fourth-order valence-electron chi connectivity index (χ4n) is 2.02. The first kappa shape index (κ1) is 14.0. The highest BCUT2D eigenvalue weighted by Gasteiger charge is 2.14. The second-order valence-electron chi connectivity index (χ2n) is 4.65. The van der Waals surface area contributed by atoms with Gasteiger partial charge < -0.3 is 15.4 Å². The standard InChI is InChI=1S/C15H16N2O3/c1-9-7-10(2)16-14(19)13(9)15(20)17-12-5-3-11(8-18)4-6-12/h3-7,18H,8H2,1-2H3,(H,16,19)(H,17,20). The van der Waals surface area contributed by atoms with Gasteiger partial charge in [-0.25, -0.2) is 0 Å². The fourth-order valence-corrected chi connectivity index (χ4v) is 2.02. The minimum atomic E-state index is -0.444. The Morgan fingerprint density at radius 1 is 1.25 bits per heavy atom. The third-order valence-electron chi connectivity index (χ3n) is 2.99. The normalized spacial score (nSPS) is 10.3. The number of hydrogen-bond acceptors (Lipinski definition) is 3. The largest absolute Gasteiger partial charge is 0.392 e. The highest BCUT2D eigenvalue weighted by atomic mass is 16.3. The van der Waals surface area contributed by atoms with Crippen LogP contribution < -0.4 is 10.9 Å². The van der Waals surface area contributed by atoms with Crippen LogP contribution >= 0.6 is 0 Å². The summed E-state index contributed by atoms with van der Waals surface area (Å²) in [4.78, 5) is 26.6. The summed E-state index contributed by atoms with van der Waals surface area (Å²) in [5.41, 5.74) is 2.40. The predicted molar refractivity (Wildman–Crippen MR) is 76.9 cm³/mol. The van der Waals surface area contributed by atoms with Gasteiger partial charge in [0.1, 0.15) is 5.56 Å². The highest BCUT2D eigenvalue weighted by molar-refractivity contribution is 6.05. The number of carbonyl (C=O) groups is 1. The van der Waals surface area contributed by atoms with Gasteiger partial charge in [0.05, 0.1) is 6.61 Å². The van der Waals surface area contributed by atoms with Crippen molar-refractivity contribution in [3.05, 3.63) is 63.1 Å². The number of H-pyrrole nitrogens is 1. The van der Waals surface area contributed by atoms with Gasteiger partial charge >= 0.3 is 0 Å². The molecule has 0 spiro atoms. The zero-order valence-corrected chi connectivity index (χ0v) is 11.4. The second-order valence-corrected chi connectivity index (χ2v) is 4.65. The van der Waals surface area contributed by atoms with Crippen LogP contribution in [0.25, 0.3) is 0 Å². The SMILES string of the molecule is Cc1cc(C)c(C(=O)Nc2ccc(CO)cc2)c(=O)[nH]1. The molecule has 0 saturated heterocycles. The molecule has 0 bridgehead atoms. The first-order valence-corrected chi connectivity index (χ1v) is 6.23. The number of aromatic nitrogens is 1. The predicted octanol–water partition coefficient (Wildman–Crippen LogP) is 1.74. The van der Waals surface area contributed by atoms with Crippen molar-refractivity contribution in [1.29, 1.82) is 0 Å². The minimum Gasteiger partial charge on any atom is -0.392 e. The summed E-state index contributed by atoms with van der Waals surface area (Å²) in [5, 5.41) is 11.6. The molecule has 0 atom stereocenters. The number of anilines is 1. The number of rotatable bonds is 3. The van der Waals surface area contributed by atoms with Gasteiger partial charge in [-0.3, -0.25) is 9.59 Å². The van der Waals surface area contributed by atoms with Gasteiger partial charge in [0.2, 0.25) is 0 Å². The van der Waals surface area contributed by atoms with E-state index in [9.17, 15) is 9.59 Å². The lowest BCUT2D eigenvalue weighted by atomic mass is 10.1. The van der Waals surface area contributed by atoms with Crippen molar-refractivity contribution in [2.75, 3.05) is 5.32 Å². The molecular weight excluding hydrogens is 256 g/mol. The molecule has 1 heterocycles. The van der Waals surface area contributed by atoms with Crippen molar-refractivity contribution in [2.45, 2.75) is 20.5 Å². The summed E-state index contributed by atoms with van der Waals surface area (Å²) in [6.45, 7) is 3.45. The highest BCUT2D eigenvalue weighted by Crippen LogP contribution is 2.12. The number of aromatic amines is 1. The van der Waals surface area contributed by atoms with E-state index < -0.39 is 11.5 Å². The third-order valence-corrected chi connectivity index (χ3v) is 2.99. The van der Waals surface area contributed by atoms with Crippen LogP contribution in [0.4, 0.5) is 5.69 Å². The molecule has 0 saturated carbocycles.